The molecule has 0 amide bonds. The van der Waals surface area contributed by atoms with Crippen LogP contribution >= 0.6 is 0 Å². The fourth-order valence-corrected chi connectivity index (χ4v) is 2.83. The Kier molecular flexibility index (Phi) is 3.97. The topological polar surface area (TPSA) is 46.9 Å². The van der Waals surface area contributed by atoms with Gasteiger partial charge in [-0.15, -0.1) is 0 Å². The van der Waals surface area contributed by atoms with Crippen molar-refractivity contribution >= 4 is 5.82 Å². The summed E-state index contributed by atoms with van der Waals surface area (Å²) < 4.78 is 1.74. The van der Waals surface area contributed by atoms with E-state index in [1.165, 1.54) is 25.7 Å². The summed E-state index contributed by atoms with van der Waals surface area (Å²) in [5, 5.41) is 3.32. The van der Waals surface area contributed by atoms with E-state index in [1.807, 2.05) is 20.8 Å². The minimum absolute atomic E-state index is 0.0279. The van der Waals surface area contributed by atoms with Crippen molar-refractivity contribution in [2.24, 2.45) is 5.92 Å². The number of rotatable bonds is 3. The maximum atomic E-state index is 12.4. The molecule has 0 bridgehead atoms. The number of hydrogen-bond donors (Lipinski definition) is 1. The molecule has 0 saturated heterocycles. The van der Waals surface area contributed by atoms with Gasteiger partial charge in [0.2, 0.25) is 0 Å². The van der Waals surface area contributed by atoms with E-state index in [-0.39, 0.29) is 11.1 Å². The summed E-state index contributed by atoms with van der Waals surface area (Å²) >= 11 is 0. The van der Waals surface area contributed by atoms with Gasteiger partial charge < -0.3 is 9.88 Å². The lowest BCUT2D eigenvalue weighted by Crippen LogP contribution is -2.37. The van der Waals surface area contributed by atoms with Crippen LogP contribution in [0.4, 0.5) is 5.82 Å². The molecule has 0 aromatic carbocycles. The van der Waals surface area contributed by atoms with Crippen molar-refractivity contribution in [3.05, 3.63) is 22.7 Å². The van der Waals surface area contributed by atoms with Crippen molar-refractivity contribution < 1.29 is 0 Å². The van der Waals surface area contributed by atoms with E-state index in [9.17, 15) is 4.79 Å². The molecule has 0 radical (unpaired) electrons. The highest BCUT2D eigenvalue weighted by molar-refractivity contribution is 5.32. The van der Waals surface area contributed by atoms with Gasteiger partial charge >= 0.3 is 0 Å². The molecule has 0 spiro atoms. The molecule has 1 atom stereocenters. The van der Waals surface area contributed by atoms with Crippen LogP contribution in [0.5, 0.6) is 0 Å². The number of anilines is 1. The second-order valence-electron chi connectivity index (χ2n) is 6.60. The Bertz CT molecular complexity index is 481. The number of nitrogens with one attached hydrogen (secondary N) is 1. The zero-order valence-electron chi connectivity index (χ0n) is 12.4. The molecule has 4 nitrogen and oxygen atoms in total. The van der Waals surface area contributed by atoms with E-state index >= 15 is 0 Å². The molecular weight excluding hydrogens is 238 g/mol. The van der Waals surface area contributed by atoms with Crippen LogP contribution in [0.15, 0.2) is 17.2 Å². The first-order valence-electron chi connectivity index (χ1n) is 7.24. The van der Waals surface area contributed by atoms with Gasteiger partial charge in [-0.05, 0) is 46.5 Å². The smallest absolute Gasteiger partial charge is 0.293 e. The van der Waals surface area contributed by atoms with Gasteiger partial charge in [0, 0.05) is 24.0 Å². The first-order valence-corrected chi connectivity index (χ1v) is 7.24. The molecule has 1 saturated carbocycles. The van der Waals surface area contributed by atoms with Crippen molar-refractivity contribution in [3.63, 3.8) is 0 Å². The molecule has 2 rings (SSSR count). The van der Waals surface area contributed by atoms with Gasteiger partial charge in [-0.1, -0.05) is 12.8 Å². The highest BCUT2D eigenvalue weighted by Crippen LogP contribution is 2.28. The summed E-state index contributed by atoms with van der Waals surface area (Å²) in [6.45, 7) is 8.24. The summed E-state index contributed by atoms with van der Waals surface area (Å²) in [5.74, 6) is 1.15. The van der Waals surface area contributed by atoms with E-state index < -0.39 is 0 Å². The van der Waals surface area contributed by atoms with Crippen molar-refractivity contribution in [1.29, 1.82) is 0 Å². The maximum absolute atomic E-state index is 12.4. The predicted molar refractivity (Wildman–Crippen MR) is 78.5 cm³/mol. The van der Waals surface area contributed by atoms with Gasteiger partial charge in [-0.2, -0.15) is 0 Å². The van der Waals surface area contributed by atoms with Crippen LogP contribution in [0.1, 0.15) is 53.4 Å². The molecule has 1 aromatic heterocycles. The second-order valence-corrected chi connectivity index (χ2v) is 6.60. The molecule has 1 fully saturated rings. The molecule has 4 heteroatoms. The van der Waals surface area contributed by atoms with Gasteiger partial charge in [-0.25, -0.2) is 4.98 Å². The lowest BCUT2D eigenvalue weighted by molar-refractivity contribution is 0.382. The van der Waals surface area contributed by atoms with Crippen molar-refractivity contribution in [2.75, 3.05) is 5.32 Å². The lowest BCUT2D eigenvalue weighted by atomic mass is 10.00. The SMILES string of the molecule is CC(Nc1nccn(C(C)(C)C)c1=O)C1CCCC1. The second kappa shape index (κ2) is 5.35. The third-order valence-electron chi connectivity index (χ3n) is 4.03. The van der Waals surface area contributed by atoms with Crippen LogP contribution in [0, 0.1) is 5.92 Å². The Morgan fingerprint density at radius 2 is 2.00 bits per heavy atom. The highest BCUT2D eigenvalue weighted by atomic mass is 16.1. The summed E-state index contributed by atoms with van der Waals surface area (Å²) in [4.78, 5) is 16.6. The Morgan fingerprint density at radius 3 is 2.58 bits per heavy atom. The van der Waals surface area contributed by atoms with Crippen LogP contribution in [-0.4, -0.2) is 15.6 Å². The van der Waals surface area contributed by atoms with Crippen LogP contribution < -0.4 is 10.9 Å². The summed E-state index contributed by atoms with van der Waals surface area (Å²) in [7, 11) is 0. The third-order valence-corrected chi connectivity index (χ3v) is 4.03. The van der Waals surface area contributed by atoms with E-state index in [4.69, 9.17) is 0 Å². The Labute approximate surface area is 115 Å². The average Bonchev–Trinajstić information content (AvgIpc) is 2.83. The van der Waals surface area contributed by atoms with E-state index in [0.29, 0.717) is 17.8 Å². The van der Waals surface area contributed by atoms with Crippen molar-refractivity contribution in [1.82, 2.24) is 9.55 Å². The van der Waals surface area contributed by atoms with Gasteiger partial charge in [0.05, 0.1) is 0 Å². The van der Waals surface area contributed by atoms with Crippen LogP contribution in [0.2, 0.25) is 0 Å². The Hall–Kier alpha value is -1.32. The molecule has 0 aliphatic heterocycles. The summed E-state index contributed by atoms with van der Waals surface area (Å²) in [6.07, 6.45) is 8.60. The van der Waals surface area contributed by atoms with Crippen LogP contribution in [-0.2, 0) is 5.54 Å². The first-order chi connectivity index (χ1) is 8.89. The molecule has 19 heavy (non-hydrogen) atoms. The molecular formula is C15H25N3O. The predicted octanol–water partition coefficient (Wildman–Crippen LogP) is 2.99. The minimum Gasteiger partial charge on any atom is -0.363 e. The Balaban J connectivity index is 2.19. The number of hydrogen-bond acceptors (Lipinski definition) is 3. The van der Waals surface area contributed by atoms with Crippen molar-refractivity contribution in [2.45, 2.75) is 65.0 Å². The molecule has 1 unspecified atom stereocenters. The fraction of sp³-hybridized carbons (Fsp3) is 0.733. The van der Waals surface area contributed by atoms with Crippen LogP contribution in [0.25, 0.3) is 0 Å². The lowest BCUT2D eigenvalue weighted by Gasteiger charge is -2.24. The molecule has 1 heterocycles. The fourth-order valence-electron chi connectivity index (χ4n) is 2.83. The third kappa shape index (κ3) is 3.17. The van der Waals surface area contributed by atoms with E-state index in [1.54, 1.807) is 17.0 Å². The average molecular weight is 263 g/mol. The van der Waals surface area contributed by atoms with Gasteiger partial charge in [0.15, 0.2) is 5.82 Å². The minimum atomic E-state index is -0.215. The summed E-state index contributed by atoms with van der Waals surface area (Å²) in [6, 6.07) is 0.318. The molecule has 106 valence electrons. The molecule has 1 N–H and O–H groups in total. The van der Waals surface area contributed by atoms with Crippen LogP contribution in [0.3, 0.4) is 0 Å². The maximum Gasteiger partial charge on any atom is 0.293 e. The van der Waals surface area contributed by atoms with Gasteiger partial charge in [0.25, 0.3) is 5.56 Å². The highest BCUT2D eigenvalue weighted by Gasteiger charge is 2.23. The Morgan fingerprint density at radius 1 is 1.37 bits per heavy atom. The zero-order chi connectivity index (χ0) is 14.0. The molecule has 1 aliphatic rings. The monoisotopic (exact) mass is 263 g/mol. The number of aromatic nitrogens is 2. The number of nitrogens with zero attached hydrogens (tertiary/aromatic N) is 2. The van der Waals surface area contributed by atoms with E-state index in [2.05, 4.69) is 17.2 Å². The quantitative estimate of drug-likeness (QED) is 0.912. The summed E-state index contributed by atoms with van der Waals surface area (Å²) in [5.41, 5.74) is -0.243. The van der Waals surface area contributed by atoms with Gasteiger partial charge in [0.1, 0.15) is 0 Å². The van der Waals surface area contributed by atoms with E-state index in [0.717, 1.165) is 0 Å². The normalized spacial score (nSPS) is 18.5. The van der Waals surface area contributed by atoms with Gasteiger partial charge in [-0.3, -0.25) is 4.79 Å². The molecule has 1 aromatic rings. The first kappa shape index (κ1) is 14.1. The zero-order valence-corrected chi connectivity index (χ0v) is 12.4. The molecule has 1 aliphatic carbocycles. The van der Waals surface area contributed by atoms with Crippen molar-refractivity contribution in [3.8, 4) is 0 Å². The standard InChI is InChI=1S/C15H25N3O/c1-11(12-7-5-6-8-12)17-13-14(19)18(10-9-16-13)15(2,3)4/h9-12H,5-8H2,1-4H3,(H,16,17). The largest absolute Gasteiger partial charge is 0.363 e.